The average Bonchev–Trinajstić information content (AvgIpc) is 3.11. The Bertz CT molecular complexity index is 960. The molecule has 0 radical (unpaired) electrons. The number of methoxy groups -OCH3 is 2. The number of phenolic OH excluding ortho intramolecular Hbond substituents is 1. The zero-order valence-electron chi connectivity index (χ0n) is 15.6. The third kappa shape index (κ3) is 4.32. The smallest absolute Gasteiger partial charge is 0.262 e. The number of anilines is 1. The number of aromatic nitrogens is 1. The Labute approximate surface area is 165 Å². The third-order valence-corrected chi connectivity index (χ3v) is 4.89. The second-order valence-corrected chi connectivity index (χ2v) is 6.89. The van der Waals surface area contributed by atoms with Crippen LogP contribution in [-0.4, -0.2) is 42.5 Å². The molecule has 0 saturated heterocycles. The highest BCUT2D eigenvalue weighted by Crippen LogP contribution is 2.36. The van der Waals surface area contributed by atoms with Gasteiger partial charge in [-0.15, -0.1) is 0 Å². The lowest BCUT2D eigenvalue weighted by Gasteiger charge is -2.11. The van der Waals surface area contributed by atoms with Crippen molar-refractivity contribution in [3.63, 3.8) is 0 Å². The molecule has 146 valence electrons. The highest BCUT2D eigenvalue weighted by atomic mass is 32.1. The number of hydrazone groups is 1. The van der Waals surface area contributed by atoms with Crippen LogP contribution in [0.2, 0.25) is 0 Å². The second kappa shape index (κ2) is 8.57. The molecule has 0 aliphatic heterocycles. The fourth-order valence-corrected chi connectivity index (χ4v) is 3.39. The van der Waals surface area contributed by atoms with E-state index in [0.717, 1.165) is 10.2 Å². The molecule has 3 aromatic rings. The molecular formula is C19H20N4O4S. The van der Waals surface area contributed by atoms with Crippen molar-refractivity contribution in [3.8, 4) is 17.2 Å². The SMILES string of the molecule is COc1cc(/C=N/NC(=O)[C@H](C)Nc2nc3ccccc3s2)cc(OC)c1O. The highest BCUT2D eigenvalue weighted by Gasteiger charge is 2.14. The van der Waals surface area contributed by atoms with E-state index in [2.05, 4.69) is 20.8 Å². The number of aromatic hydroxyl groups is 1. The van der Waals surface area contributed by atoms with Crippen molar-refractivity contribution in [1.82, 2.24) is 10.4 Å². The summed E-state index contributed by atoms with van der Waals surface area (Å²) in [4.78, 5) is 16.7. The van der Waals surface area contributed by atoms with Crippen molar-refractivity contribution in [1.29, 1.82) is 0 Å². The van der Waals surface area contributed by atoms with E-state index < -0.39 is 6.04 Å². The van der Waals surface area contributed by atoms with Gasteiger partial charge in [-0.1, -0.05) is 23.5 Å². The van der Waals surface area contributed by atoms with Gasteiger partial charge in [0.25, 0.3) is 5.91 Å². The van der Waals surface area contributed by atoms with Gasteiger partial charge in [0.05, 0.1) is 30.7 Å². The minimum Gasteiger partial charge on any atom is -0.502 e. The van der Waals surface area contributed by atoms with Gasteiger partial charge >= 0.3 is 0 Å². The largest absolute Gasteiger partial charge is 0.502 e. The van der Waals surface area contributed by atoms with Gasteiger partial charge in [0.1, 0.15) is 6.04 Å². The Morgan fingerprint density at radius 2 is 1.93 bits per heavy atom. The van der Waals surface area contributed by atoms with E-state index in [1.807, 2.05) is 24.3 Å². The number of benzene rings is 2. The standard InChI is InChI=1S/C19H20N4O4S/c1-11(21-19-22-13-6-4-5-7-16(13)28-19)18(25)23-20-10-12-8-14(26-2)17(24)15(9-12)27-3/h4-11,24H,1-3H3,(H,21,22)(H,23,25)/b20-10+/t11-/m0/s1. The van der Waals surface area contributed by atoms with Crippen LogP contribution >= 0.6 is 11.3 Å². The number of rotatable bonds is 7. The quantitative estimate of drug-likeness (QED) is 0.416. The van der Waals surface area contributed by atoms with Crippen LogP contribution in [0.15, 0.2) is 41.5 Å². The van der Waals surface area contributed by atoms with Crippen molar-refractivity contribution in [2.24, 2.45) is 5.10 Å². The molecule has 1 aromatic heterocycles. The van der Waals surface area contributed by atoms with E-state index in [-0.39, 0.29) is 23.2 Å². The van der Waals surface area contributed by atoms with Crippen LogP contribution in [0.5, 0.6) is 17.2 Å². The van der Waals surface area contributed by atoms with E-state index >= 15 is 0 Å². The van der Waals surface area contributed by atoms with Gasteiger partial charge in [0, 0.05) is 5.56 Å². The minimum atomic E-state index is -0.526. The molecule has 1 amide bonds. The summed E-state index contributed by atoms with van der Waals surface area (Å²) < 4.78 is 11.2. The molecular weight excluding hydrogens is 380 g/mol. The monoisotopic (exact) mass is 400 g/mol. The van der Waals surface area contributed by atoms with Crippen LogP contribution in [0.25, 0.3) is 10.2 Å². The summed E-state index contributed by atoms with van der Waals surface area (Å²) in [6.07, 6.45) is 1.44. The average molecular weight is 400 g/mol. The van der Waals surface area contributed by atoms with E-state index in [9.17, 15) is 9.90 Å². The van der Waals surface area contributed by atoms with Crippen LogP contribution in [0.4, 0.5) is 5.13 Å². The Kier molecular flexibility index (Phi) is 5.95. The first-order valence-corrected chi connectivity index (χ1v) is 9.23. The zero-order chi connectivity index (χ0) is 20.1. The van der Waals surface area contributed by atoms with E-state index in [1.165, 1.54) is 31.8 Å². The fourth-order valence-electron chi connectivity index (χ4n) is 2.44. The summed E-state index contributed by atoms with van der Waals surface area (Å²) in [5, 5.41) is 17.6. The molecule has 1 heterocycles. The van der Waals surface area contributed by atoms with Gasteiger partial charge < -0.3 is 19.9 Å². The van der Waals surface area contributed by atoms with Crippen LogP contribution in [-0.2, 0) is 4.79 Å². The molecule has 0 bridgehead atoms. The molecule has 28 heavy (non-hydrogen) atoms. The number of amides is 1. The van der Waals surface area contributed by atoms with Gasteiger partial charge in [-0.25, -0.2) is 10.4 Å². The van der Waals surface area contributed by atoms with Crippen LogP contribution in [0.1, 0.15) is 12.5 Å². The lowest BCUT2D eigenvalue weighted by molar-refractivity contribution is -0.121. The van der Waals surface area contributed by atoms with Crippen molar-refractivity contribution in [2.45, 2.75) is 13.0 Å². The van der Waals surface area contributed by atoms with E-state index in [0.29, 0.717) is 10.7 Å². The molecule has 3 rings (SSSR count). The number of hydrogen-bond donors (Lipinski definition) is 3. The number of nitrogens with one attached hydrogen (secondary N) is 2. The maximum Gasteiger partial charge on any atom is 0.262 e. The van der Waals surface area contributed by atoms with E-state index in [1.54, 1.807) is 19.1 Å². The first-order chi connectivity index (χ1) is 13.5. The number of nitrogens with zero attached hydrogens (tertiary/aromatic N) is 2. The predicted molar refractivity (Wildman–Crippen MR) is 110 cm³/mol. The Morgan fingerprint density at radius 1 is 1.25 bits per heavy atom. The summed E-state index contributed by atoms with van der Waals surface area (Å²) >= 11 is 1.48. The minimum absolute atomic E-state index is 0.0974. The molecule has 0 spiro atoms. The van der Waals surface area contributed by atoms with Gasteiger partial charge in [-0.2, -0.15) is 5.10 Å². The summed E-state index contributed by atoms with van der Waals surface area (Å²) in [6, 6.07) is 10.4. The molecule has 0 aliphatic rings. The fraction of sp³-hybridized carbons (Fsp3) is 0.211. The molecule has 2 aromatic carbocycles. The van der Waals surface area contributed by atoms with Crippen molar-refractivity contribution in [2.75, 3.05) is 19.5 Å². The van der Waals surface area contributed by atoms with Gasteiger partial charge in [0.2, 0.25) is 5.75 Å². The molecule has 8 nitrogen and oxygen atoms in total. The number of para-hydroxylation sites is 1. The zero-order valence-corrected chi connectivity index (χ0v) is 16.4. The van der Waals surface area contributed by atoms with Gasteiger partial charge in [0.15, 0.2) is 16.6 Å². The summed E-state index contributed by atoms with van der Waals surface area (Å²) in [5.41, 5.74) is 3.96. The molecule has 0 unspecified atom stereocenters. The predicted octanol–water partition coefficient (Wildman–Crippen LogP) is 2.97. The lowest BCUT2D eigenvalue weighted by atomic mass is 10.2. The Balaban J connectivity index is 1.62. The van der Waals surface area contributed by atoms with E-state index in [4.69, 9.17) is 9.47 Å². The highest BCUT2D eigenvalue weighted by molar-refractivity contribution is 7.22. The molecule has 9 heteroatoms. The van der Waals surface area contributed by atoms with Crippen LogP contribution in [0, 0.1) is 0 Å². The maximum absolute atomic E-state index is 12.3. The number of phenols is 1. The molecule has 1 atom stereocenters. The number of thiazole rings is 1. The number of fused-ring (bicyclic) bond motifs is 1. The molecule has 0 fully saturated rings. The summed E-state index contributed by atoms with van der Waals surface area (Å²) in [6.45, 7) is 1.73. The first-order valence-electron chi connectivity index (χ1n) is 8.42. The van der Waals surface area contributed by atoms with Crippen molar-refractivity contribution >= 4 is 38.8 Å². The summed E-state index contributed by atoms with van der Waals surface area (Å²) in [7, 11) is 2.87. The molecule has 3 N–H and O–H groups in total. The molecule has 0 saturated carbocycles. The maximum atomic E-state index is 12.3. The Morgan fingerprint density at radius 3 is 2.57 bits per heavy atom. The molecule has 0 aliphatic carbocycles. The topological polar surface area (TPSA) is 105 Å². The van der Waals surface area contributed by atoms with Crippen LogP contribution < -0.4 is 20.2 Å². The van der Waals surface area contributed by atoms with Crippen molar-refractivity contribution in [3.05, 3.63) is 42.0 Å². The first kappa shape index (κ1) is 19.4. The third-order valence-electron chi connectivity index (χ3n) is 3.92. The van der Waals surface area contributed by atoms with Crippen LogP contribution in [0.3, 0.4) is 0 Å². The number of carbonyl (C=O) groups is 1. The second-order valence-electron chi connectivity index (χ2n) is 5.86. The summed E-state index contributed by atoms with van der Waals surface area (Å²) in [5.74, 6) is 0.0871. The number of hydrogen-bond acceptors (Lipinski definition) is 8. The Hall–Kier alpha value is -3.33. The lowest BCUT2D eigenvalue weighted by Crippen LogP contribution is -2.34. The normalized spacial score (nSPS) is 12.1. The van der Waals surface area contributed by atoms with Crippen molar-refractivity contribution < 1.29 is 19.4 Å². The number of ether oxygens (including phenoxy) is 2. The van der Waals surface area contributed by atoms with Gasteiger partial charge in [-0.05, 0) is 31.2 Å². The number of carbonyl (C=O) groups excluding carboxylic acids is 1. The van der Waals surface area contributed by atoms with Gasteiger partial charge in [-0.3, -0.25) is 4.79 Å².